The van der Waals surface area contributed by atoms with Gasteiger partial charge in [0.15, 0.2) is 15.8 Å². The first-order valence-electron chi connectivity index (χ1n) is 8.56. The van der Waals surface area contributed by atoms with E-state index < -0.39 is 14.8 Å². The summed E-state index contributed by atoms with van der Waals surface area (Å²) in [6.07, 6.45) is 5.64. The number of likely N-dealkylation sites (tertiary alicyclic amines) is 1. The highest BCUT2D eigenvalue weighted by molar-refractivity contribution is 14.0. The Bertz CT molecular complexity index is 777. The van der Waals surface area contributed by atoms with Crippen LogP contribution in [0.4, 0.5) is 11.4 Å². The molecule has 0 aliphatic carbocycles. The van der Waals surface area contributed by atoms with E-state index in [2.05, 4.69) is 15.2 Å². The number of nitrogens with zero attached hydrogens (tertiary/aromatic N) is 3. The third-order valence-corrected chi connectivity index (χ3v) is 5.34. The molecule has 2 rings (SSSR count). The van der Waals surface area contributed by atoms with E-state index >= 15 is 0 Å². The molecular weight excluding hydrogens is 485 g/mol. The van der Waals surface area contributed by atoms with Crippen molar-refractivity contribution in [2.75, 3.05) is 37.8 Å². The fourth-order valence-electron chi connectivity index (χ4n) is 2.80. The van der Waals surface area contributed by atoms with E-state index in [9.17, 15) is 18.5 Å². The van der Waals surface area contributed by atoms with Crippen molar-refractivity contribution < 1.29 is 13.3 Å². The minimum atomic E-state index is -3.50. The Morgan fingerprint density at radius 1 is 1.30 bits per heavy atom. The number of hydrogen-bond donors (Lipinski definition) is 2. The summed E-state index contributed by atoms with van der Waals surface area (Å²) in [7, 11) is -3.50. The number of rotatable bonds is 6. The molecule has 9 nitrogen and oxygen atoms in total. The van der Waals surface area contributed by atoms with E-state index in [1.807, 2.05) is 0 Å². The topological polar surface area (TPSA) is 131 Å². The summed E-state index contributed by atoms with van der Waals surface area (Å²) >= 11 is 0. The fraction of sp³-hybridized carbons (Fsp3) is 0.562. The summed E-state index contributed by atoms with van der Waals surface area (Å²) in [4.78, 5) is 16.9. The molecule has 1 aromatic carbocycles. The predicted molar refractivity (Wildman–Crippen MR) is 117 cm³/mol. The Morgan fingerprint density at radius 3 is 2.48 bits per heavy atom. The van der Waals surface area contributed by atoms with Gasteiger partial charge in [0.25, 0.3) is 5.69 Å². The summed E-state index contributed by atoms with van der Waals surface area (Å²) in [5.41, 5.74) is 5.99. The maximum absolute atomic E-state index is 11.5. The Hall–Kier alpha value is -1.63. The molecule has 27 heavy (non-hydrogen) atoms. The normalized spacial score (nSPS) is 15.6. The lowest BCUT2D eigenvalue weighted by molar-refractivity contribution is -0.384. The van der Waals surface area contributed by atoms with E-state index in [4.69, 9.17) is 5.73 Å². The molecule has 1 aliphatic heterocycles. The minimum Gasteiger partial charge on any atom is -0.378 e. The van der Waals surface area contributed by atoms with Gasteiger partial charge in [-0.3, -0.25) is 15.1 Å². The molecule has 0 radical (unpaired) electrons. The molecule has 0 aromatic heterocycles. The number of nitro groups is 1. The van der Waals surface area contributed by atoms with Crippen LogP contribution in [0.5, 0.6) is 0 Å². The van der Waals surface area contributed by atoms with Gasteiger partial charge in [0.2, 0.25) is 0 Å². The molecule has 1 saturated heterocycles. The SMILES string of the molecule is CS(=O)(=O)c1ccc(NCCN=C(N)N2CCCCCC2)c([N+](=O)[O-])c1.I. The second-order valence-corrected chi connectivity index (χ2v) is 8.29. The number of sulfone groups is 1. The molecule has 1 heterocycles. The summed E-state index contributed by atoms with van der Waals surface area (Å²) in [5, 5.41) is 14.1. The lowest BCUT2D eigenvalue weighted by Gasteiger charge is -2.21. The van der Waals surface area contributed by atoms with Crippen LogP contribution in [0, 0.1) is 10.1 Å². The van der Waals surface area contributed by atoms with Crippen LogP contribution in [0.1, 0.15) is 25.7 Å². The van der Waals surface area contributed by atoms with Crippen molar-refractivity contribution in [3.63, 3.8) is 0 Å². The lowest BCUT2D eigenvalue weighted by atomic mass is 10.2. The zero-order valence-electron chi connectivity index (χ0n) is 15.3. The molecule has 1 aliphatic rings. The van der Waals surface area contributed by atoms with Crippen molar-refractivity contribution >= 4 is 51.1 Å². The van der Waals surface area contributed by atoms with Crippen molar-refractivity contribution in [2.24, 2.45) is 10.7 Å². The zero-order chi connectivity index (χ0) is 19.2. The van der Waals surface area contributed by atoms with Crippen molar-refractivity contribution in [3.8, 4) is 0 Å². The zero-order valence-corrected chi connectivity index (χ0v) is 18.4. The smallest absolute Gasteiger partial charge is 0.293 e. The number of anilines is 1. The van der Waals surface area contributed by atoms with Gasteiger partial charge in [0.1, 0.15) is 5.69 Å². The third kappa shape index (κ3) is 7.13. The molecule has 1 fully saturated rings. The molecule has 0 bridgehead atoms. The van der Waals surface area contributed by atoms with Gasteiger partial charge in [-0.1, -0.05) is 12.8 Å². The van der Waals surface area contributed by atoms with Crippen LogP contribution in [0.15, 0.2) is 28.1 Å². The van der Waals surface area contributed by atoms with Gasteiger partial charge in [0, 0.05) is 32.0 Å². The van der Waals surface area contributed by atoms with Crippen LogP contribution in [0.25, 0.3) is 0 Å². The molecule has 0 amide bonds. The largest absolute Gasteiger partial charge is 0.378 e. The second kappa shape index (κ2) is 10.6. The number of guanidine groups is 1. The maximum Gasteiger partial charge on any atom is 0.293 e. The Morgan fingerprint density at radius 2 is 1.93 bits per heavy atom. The first kappa shape index (κ1) is 23.4. The Labute approximate surface area is 176 Å². The van der Waals surface area contributed by atoms with Gasteiger partial charge in [-0.25, -0.2) is 8.42 Å². The van der Waals surface area contributed by atoms with Crippen LogP contribution in [0.3, 0.4) is 0 Å². The van der Waals surface area contributed by atoms with Crippen molar-refractivity contribution in [2.45, 2.75) is 30.6 Å². The predicted octanol–water partition coefficient (Wildman–Crippen LogP) is 2.22. The molecule has 0 spiro atoms. The summed E-state index contributed by atoms with van der Waals surface area (Å²) < 4.78 is 23.1. The van der Waals surface area contributed by atoms with Crippen molar-refractivity contribution in [1.82, 2.24) is 4.90 Å². The van der Waals surface area contributed by atoms with E-state index in [1.165, 1.54) is 25.0 Å². The molecule has 3 N–H and O–H groups in total. The van der Waals surface area contributed by atoms with Gasteiger partial charge in [0.05, 0.1) is 16.4 Å². The van der Waals surface area contributed by atoms with Gasteiger partial charge in [-0.2, -0.15) is 0 Å². The highest BCUT2D eigenvalue weighted by Crippen LogP contribution is 2.27. The average molecular weight is 511 g/mol. The van der Waals surface area contributed by atoms with Crippen LogP contribution < -0.4 is 11.1 Å². The van der Waals surface area contributed by atoms with Crippen LogP contribution in [-0.2, 0) is 9.84 Å². The van der Waals surface area contributed by atoms with Crippen LogP contribution >= 0.6 is 24.0 Å². The quantitative estimate of drug-likeness (QED) is 0.150. The number of nitro benzene ring substituents is 1. The number of nitrogens with two attached hydrogens (primary N) is 1. The van der Waals surface area contributed by atoms with Crippen molar-refractivity contribution in [3.05, 3.63) is 28.3 Å². The van der Waals surface area contributed by atoms with Gasteiger partial charge in [-0.05, 0) is 25.0 Å². The third-order valence-electron chi connectivity index (χ3n) is 4.23. The van der Waals surface area contributed by atoms with E-state index in [1.54, 1.807) is 0 Å². The molecule has 0 atom stereocenters. The lowest BCUT2D eigenvalue weighted by Crippen LogP contribution is -2.38. The second-order valence-electron chi connectivity index (χ2n) is 6.28. The van der Waals surface area contributed by atoms with E-state index in [-0.39, 0.29) is 40.2 Å². The average Bonchev–Trinajstić information content (AvgIpc) is 2.87. The molecule has 152 valence electrons. The van der Waals surface area contributed by atoms with Gasteiger partial charge >= 0.3 is 0 Å². The Kier molecular flexibility index (Phi) is 9.22. The summed E-state index contributed by atoms with van der Waals surface area (Å²) in [6, 6.07) is 3.81. The Balaban J connectivity index is 0.00000364. The fourth-order valence-corrected chi connectivity index (χ4v) is 3.44. The van der Waals surface area contributed by atoms with Crippen LogP contribution in [0.2, 0.25) is 0 Å². The minimum absolute atomic E-state index is 0. The molecule has 0 unspecified atom stereocenters. The molecule has 11 heteroatoms. The highest BCUT2D eigenvalue weighted by Gasteiger charge is 2.18. The molecular formula is C16H26IN5O4S. The van der Waals surface area contributed by atoms with E-state index in [0.717, 1.165) is 38.3 Å². The maximum atomic E-state index is 11.5. The number of aliphatic imine (C=N–C) groups is 1. The van der Waals surface area contributed by atoms with E-state index in [0.29, 0.717) is 19.0 Å². The highest BCUT2D eigenvalue weighted by atomic mass is 127. The summed E-state index contributed by atoms with van der Waals surface area (Å²) in [5.74, 6) is 0.496. The number of nitrogens with one attached hydrogen (secondary N) is 1. The summed E-state index contributed by atoms with van der Waals surface area (Å²) in [6.45, 7) is 2.53. The first-order valence-corrected chi connectivity index (χ1v) is 10.5. The monoisotopic (exact) mass is 511 g/mol. The van der Waals surface area contributed by atoms with Crippen LogP contribution in [-0.4, -0.2) is 56.6 Å². The first-order chi connectivity index (χ1) is 12.3. The van der Waals surface area contributed by atoms with Crippen molar-refractivity contribution in [1.29, 1.82) is 0 Å². The van der Waals surface area contributed by atoms with Gasteiger partial charge < -0.3 is 16.0 Å². The number of halogens is 1. The van der Waals surface area contributed by atoms with Gasteiger partial charge in [-0.15, -0.1) is 24.0 Å². The standard InChI is InChI=1S/C16H25N5O4S.HI/c1-26(24,25)13-6-7-14(15(12-13)21(22)23)18-8-9-19-16(17)20-10-4-2-3-5-11-20;/h6-7,12,18H,2-5,8-11H2,1H3,(H2,17,19);1H. The number of hydrogen-bond acceptors (Lipinski definition) is 6. The molecule has 0 saturated carbocycles. The molecule has 1 aromatic rings. The number of benzene rings is 1.